The van der Waals surface area contributed by atoms with Gasteiger partial charge in [-0.05, 0) is 23.8 Å². The number of halogens is 2. The molecule has 1 aliphatic heterocycles. The lowest BCUT2D eigenvalue weighted by atomic mass is 10.1. The molecule has 126 valence electrons. The van der Waals surface area contributed by atoms with Crippen LogP contribution >= 0.6 is 35.0 Å². The zero-order chi connectivity index (χ0) is 16.9. The first-order valence-electron chi connectivity index (χ1n) is 7.68. The van der Waals surface area contributed by atoms with Gasteiger partial charge in [-0.1, -0.05) is 53.5 Å². The van der Waals surface area contributed by atoms with Crippen LogP contribution in [0.15, 0.2) is 53.4 Å². The van der Waals surface area contributed by atoms with Gasteiger partial charge in [0.05, 0.1) is 18.2 Å². The summed E-state index contributed by atoms with van der Waals surface area (Å²) in [5.74, 6) is 0.0746. The number of rotatable bonds is 4. The van der Waals surface area contributed by atoms with Crippen molar-refractivity contribution in [2.45, 2.75) is 10.1 Å². The normalized spacial score (nSPS) is 16.0. The number of morpholine rings is 1. The van der Waals surface area contributed by atoms with Crippen molar-refractivity contribution in [2.75, 3.05) is 26.3 Å². The van der Waals surface area contributed by atoms with Gasteiger partial charge in [-0.25, -0.2) is 0 Å². The smallest absolute Gasteiger partial charge is 0.240 e. The second-order valence-corrected chi connectivity index (χ2v) is 7.41. The van der Waals surface area contributed by atoms with Crippen molar-refractivity contribution in [2.24, 2.45) is 0 Å². The van der Waals surface area contributed by atoms with Crippen LogP contribution in [0.25, 0.3) is 0 Å². The minimum absolute atomic E-state index is 0.0746. The summed E-state index contributed by atoms with van der Waals surface area (Å²) in [7, 11) is 0. The van der Waals surface area contributed by atoms with E-state index >= 15 is 0 Å². The molecule has 1 amide bonds. The molecule has 1 atom stereocenters. The molecule has 0 N–H and O–H groups in total. The Morgan fingerprint density at radius 1 is 1.08 bits per heavy atom. The first kappa shape index (κ1) is 17.6. The summed E-state index contributed by atoms with van der Waals surface area (Å²) < 4.78 is 5.35. The quantitative estimate of drug-likeness (QED) is 0.719. The van der Waals surface area contributed by atoms with Crippen molar-refractivity contribution < 1.29 is 9.53 Å². The third kappa shape index (κ3) is 4.25. The SMILES string of the molecule is O=C([C@@H](Sc1cc(Cl)ccc1Cl)c1ccccc1)N1CCOCC1. The van der Waals surface area contributed by atoms with Crippen LogP contribution in [0.2, 0.25) is 10.0 Å². The van der Waals surface area contributed by atoms with Crippen LogP contribution in [0.3, 0.4) is 0 Å². The molecule has 1 heterocycles. The second-order valence-electron chi connectivity index (χ2n) is 5.42. The molecule has 0 unspecified atom stereocenters. The fourth-order valence-electron chi connectivity index (χ4n) is 2.53. The van der Waals surface area contributed by atoms with Crippen LogP contribution in [0.5, 0.6) is 0 Å². The number of carbonyl (C=O) groups excluding carboxylic acids is 1. The number of amides is 1. The van der Waals surface area contributed by atoms with Crippen molar-refractivity contribution in [3.05, 3.63) is 64.1 Å². The van der Waals surface area contributed by atoms with Crippen molar-refractivity contribution >= 4 is 40.9 Å². The van der Waals surface area contributed by atoms with Crippen molar-refractivity contribution in [3.63, 3.8) is 0 Å². The van der Waals surface area contributed by atoms with Gasteiger partial charge in [0.2, 0.25) is 5.91 Å². The van der Waals surface area contributed by atoms with Crippen LogP contribution < -0.4 is 0 Å². The Hall–Kier alpha value is -1.20. The van der Waals surface area contributed by atoms with Gasteiger partial charge in [0, 0.05) is 23.0 Å². The van der Waals surface area contributed by atoms with Gasteiger partial charge < -0.3 is 9.64 Å². The van der Waals surface area contributed by atoms with Gasteiger partial charge in [0.25, 0.3) is 0 Å². The van der Waals surface area contributed by atoms with Gasteiger partial charge >= 0.3 is 0 Å². The summed E-state index contributed by atoms with van der Waals surface area (Å²) in [5, 5.41) is 0.841. The van der Waals surface area contributed by atoms with E-state index in [4.69, 9.17) is 27.9 Å². The number of ether oxygens (including phenoxy) is 1. The van der Waals surface area contributed by atoms with E-state index in [-0.39, 0.29) is 11.2 Å². The van der Waals surface area contributed by atoms with Crippen molar-refractivity contribution in [1.29, 1.82) is 0 Å². The predicted molar refractivity (Wildman–Crippen MR) is 98.9 cm³/mol. The number of hydrogen-bond acceptors (Lipinski definition) is 3. The van der Waals surface area contributed by atoms with E-state index in [1.165, 1.54) is 11.8 Å². The number of thioether (sulfide) groups is 1. The molecular formula is C18H17Cl2NO2S. The van der Waals surface area contributed by atoms with Crippen LogP contribution in [0.1, 0.15) is 10.8 Å². The summed E-state index contributed by atoms with van der Waals surface area (Å²) in [6.07, 6.45) is 0. The Kier molecular flexibility index (Phi) is 6.06. The maximum absolute atomic E-state index is 13.1. The molecule has 3 nitrogen and oxygen atoms in total. The van der Waals surface area contributed by atoms with E-state index in [1.807, 2.05) is 35.2 Å². The molecule has 0 spiro atoms. The summed E-state index contributed by atoms with van der Waals surface area (Å²) in [4.78, 5) is 15.7. The molecule has 0 saturated carbocycles. The van der Waals surface area contributed by atoms with E-state index in [2.05, 4.69) is 0 Å². The molecule has 1 fully saturated rings. The first-order valence-corrected chi connectivity index (χ1v) is 9.32. The molecule has 0 aromatic heterocycles. The molecule has 1 saturated heterocycles. The highest BCUT2D eigenvalue weighted by Gasteiger charge is 2.28. The molecule has 24 heavy (non-hydrogen) atoms. The highest BCUT2D eigenvalue weighted by molar-refractivity contribution is 8.00. The van der Waals surface area contributed by atoms with E-state index < -0.39 is 0 Å². The fraction of sp³-hybridized carbons (Fsp3) is 0.278. The van der Waals surface area contributed by atoms with E-state index in [9.17, 15) is 4.79 Å². The number of hydrogen-bond donors (Lipinski definition) is 0. The summed E-state index contributed by atoms with van der Waals surface area (Å²) in [6.45, 7) is 2.39. The summed E-state index contributed by atoms with van der Waals surface area (Å²) >= 11 is 13.8. The Morgan fingerprint density at radius 3 is 2.50 bits per heavy atom. The predicted octanol–water partition coefficient (Wildman–Crippen LogP) is 4.69. The fourth-order valence-corrected chi connectivity index (χ4v) is 4.19. The van der Waals surface area contributed by atoms with Gasteiger partial charge in [0.15, 0.2) is 0 Å². The topological polar surface area (TPSA) is 29.5 Å². The standard InChI is InChI=1S/C18H17Cl2NO2S/c19-14-6-7-15(20)16(12-14)24-17(13-4-2-1-3-5-13)18(22)21-8-10-23-11-9-21/h1-7,12,17H,8-11H2/t17-/m0/s1. The van der Waals surface area contributed by atoms with Gasteiger partial charge in [-0.2, -0.15) is 0 Å². The summed E-state index contributed by atoms with van der Waals surface area (Å²) in [5.41, 5.74) is 0.954. The zero-order valence-electron chi connectivity index (χ0n) is 13.0. The molecule has 2 aromatic rings. The van der Waals surface area contributed by atoms with Crippen LogP contribution in [0, 0.1) is 0 Å². The van der Waals surface area contributed by atoms with Crippen molar-refractivity contribution in [1.82, 2.24) is 4.90 Å². The highest BCUT2D eigenvalue weighted by atomic mass is 35.5. The minimum Gasteiger partial charge on any atom is -0.378 e. The van der Waals surface area contributed by atoms with Gasteiger partial charge in [-0.15, -0.1) is 11.8 Å². The lowest BCUT2D eigenvalue weighted by Gasteiger charge is -2.30. The Labute approximate surface area is 155 Å². The monoisotopic (exact) mass is 381 g/mol. The first-order chi connectivity index (χ1) is 11.6. The maximum Gasteiger partial charge on any atom is 0.240 e. The van der Waals surface area contributed by atoms with Crippen LogP contribution in [-0.2, 0) is 9.53 Å². The average Bonchev–Trinajstić information content (AvgIpc) is 2.63. The molecule has 1 aliphatic rings. The van der Waals surface area contributed by atoms with Crippen LogP contribution in [0.4, 0.5) is 0 Å². The average molecular weight is 382 g/mol. The third-order valence-corrected chi connectivity index (χ3v) is 5.77. The Balaban J connectivity index is 1.90. The Bertz CT molecular complexity index is 705. The molecule has 2 aromatic carbocycles. The van der Waals surface area contributed by atoms with E-state index in [0.29, 0.717) is 36.3 Å². The number of carbonyl (C=O) groups is 1. The molecule has 0 radical (unpaired) electrons. The number of benzene rings is 2. The lowest BCUT2D eigenvalue weighted by molar-refractivity contribution is -0.134. The summed E-state index contributed by atoms with van der Waals surface area (Å²) in [6, 6.07) is 15.1. The minimum atomic E-state index is -0.361. The maximum atomic E-state index is 13.1. The second kappa shape index (κ2) is 8.26. The van der Waals surface area contributed by atoms with Gasteiger partial charge in [0.1, 0.15) is 5.25 Å². The Morgan fingerprint density at radius 2 is 1.79 bits per heavy atom. The van der Waals surface area contributed by atoms with Gasteiger partial charge in [-0.3, -0.25) is 4.79 Å². The molecular weight excluding hydrogens is 365 g/mol. The number of nitrogens with zero attached hydrogens (tertiary/aromatic N) is 1. The molecule has 0 bridgehead atoms. The zero-order valence-corrected chi connectivity index (χ0v) is 15.3. The van der Waals surface area contributed by atoms with E-state index in [0.717, 1.165) is 10.5 Å². The molecule has 6 heteroatoms. The molecule has 3 rings (SSSR count). The van der Waals surface area contributed by atoms with E-state index in [1.54, 1.807) is 18.2 Å². The van der Waals surface area contributed by atoms with Crippen LogP contribution in [-0.4, -0.2) is 37.1 Å². The molecule has 0 aliphatic carbocycles. The highest BCUT2D eigenvalue weighted by Crippen LogP contribution is 2.41. The lowest BCUT2D eigenvalue weighted by Crippen LogP contribution is -2.42. The largest absolute Gasteiger partial charge is 0.378 e. The van der Waals surface area contributed by atoms with Crippen molar-refractivity contribution in [3.8, 4) is 0 Å². The third-order valence-electron chi connectivity index (χ3n) is 3.79.